The average molecular weight is 451 g/mol. The van der Waals surface area contributed by atoms with Crippen molar-refractivity contribution in [3.63, 3.8) is 0 Å². The lowest BCUT2D eigenvalue weighted by molar-refractivity contribution is 0.0703. The summed E-state index contributed by atoms with van der Waals surface area (Å²) in [4.78, 5) is 6.74. The number of aromatic nitrogens is 1. The van der Waals surface area contributed by atoms with E-state index >= 15 is 0 Å². The topological polar surface area (TPSA) is 53.1 Å². The Morgan fingerprint density at radius 1 is 0.818 bits per heavy atom. The molecule has 2 aromatic carbocycles. The summed E-state index contributed by atoms with van der Waals surface area (Å²) >= 11 is 0. The van der Waals surface area contributed by atoms with E-state index in [4.69, 9.17) is 18.9 Å². The van der Waals surface area contributed by atoms with Gasteiger partial charge in [0.25, 0.3) is 0 Å². The van der Waals surface area contributed by atoms with E-state index in [-0.39, 0.29) is 6.10 Å². The molecule has 0 aliphatic heterocycles. The van der Waals surface area contributed by atoms with Gasteiger partial charge in [0.2, 0.25) is 5.88 Å². The first-order chi connectivity index (χ1) is 16.2. The molecule has 0 bridgehead atoms. The molecule has 0 amide bonds. The molecule has 1 unspecified atom stereocenters. The normalized spacial score (nSPS) is 11.9. The van der Waals surface area contributed by atoms with Crippen molar-refractivity contribution < 1.29 is 18.9 Å². The minimum Gasteiger partial charge on any atom is -0.497 e. The van der Waals surface area contributed by atoms with Crippen LogP contribution in [-0.2, 0) is 17.8 Å². The van der Waals surface area contributed by atoms with E-state index in [2.05, 4.69) is 34.1 Å². The van der Waals surface area contributed by atoms with Gasteiger partial charge in [0.05, 0.1) is 20.8 Å². The van der Waals surface area contributed by atoms with Crippen LogP contribution in [-0.4, -0.2) is 50.0 Å². The highest BCUT2D eigenvalue weighted by atomic mass is 16.5. The third-order valence-electron chi connectivity index (χ3n) is 5.31. The summed E-state index contributed by atoms with van der Waals surface area (Å²) in [6, 6.07) is 22.1. The molecule has 33 heavy (non-hydrogen) atoms. The van der Waals surface area contributed by atoms with E-state index in [1.54, 1.807) is 20.4 Å². The van der Waals surface area contributed by atoms with Crippen LogP contribution in [0, 0.1) is 0 Å². The second kappa shape index (κ2) is 13.5. The van der Waals surface area contributed by atoms with E-state index in [0.29, 0.717) is 19.1 Å². The Bertz CT molecular complexity index is 868. The van der Waals surface area contributed by atoms with Gasteiger partial charge in [0.1, 0.15) is 17.6 Å². The van der Waals surface area contributed by atoms with Crippen molar-refractivity contribution in [1.29, 1.82) is 0 Å². The summed E-state index contributed by atoms with van der Waals surface area (Å²) in [5.41, 5.74) is 2.43. The highest BCUT2D eigenvalue weighted by molar-refractivity contribution is 5.28. The Morgan fingerprint density at radius 2 is 1.42 bits per heavy atom. The van der Waals surface area contributed by atoms with Gasteiger partial charge in [-0.2, -0.15) is 0 Å². The number of methoxy groups -OCH3 is 2. The lowest BCUT2D eigenvalue weighted by Gasteiger charge is -2.28. The highest BCUT2D eigenvalue weighted by Gasteiger charge is 2.18. The third kappa shape index (κ3) is 8.40. The van der Waals surface area contributed by atoms with Crippen LogP contribution in [0.5, 0.6) is 17.4 Å². The van der Waals surface area contributed by atoms with E-state index in [1.165, 1.54) is 11.1 Å². The predicted molar refractivity (Wildman–Crippen MR) is 130 cm³/mol. The van der Waals surface area contributed by atoms with Crippen LogP contribution >= 0.6 is 0 Å². The number of ether oxygens (including phenoxy) is 4. The summed E-state index contributed by atoms with van der Waals surface area (Å²) in [5.74, 6) is 2.34. The SMILES string of the molecule is CCOCCC(CN(Cc1ccc(OC)cc1)Cc1ccc(OC)cc1)Oc1ccccn1. The molecular weight excluding hydrogens is 416 g/mol. The van der Waals surface area contributed by atoms with Gasteiger partial charge in [0.15, 0.2) is 0 Å². The average Bonchev–Trinajstić information content (AvgIpc) is 2.85. The third-order valence-corrected chi connectivity index (χ3v) is 5.31. The first-order valence-electron chi connectivity index (χ1n) is 11.3. The zero-order valence-electron chi connectivity index (χ0n) is 19.8. The van der Waals surface area contributed by atoms with Gasteiger partial charge in [-0.05, 0) is 48.4 Å². The first-order valence-corrected chi connectivity index (χ1v) is 11.3. The van der Waals surface area contributed by atoms with Gasteiger partial charge < -0.3 is 18.9 Å². The van der Waals surface area contributed by atoms with Crippen LogP contribution in [0.4, 0.5) is 0 Å². The minimum atomic E-state index is -0.0528. The summed E-state index contributed by atoms with van der Waals surface area (Å²) < 4.78 is 22.5. The second-order valence-corrected chi connectivity index (χ2v) is 7.76. The molecule has 176 valence electrons. The first kappa shape index (κ1) is 24.6. The van der Waals surface area contributed by atoms with E-state index in [1.807, 2.05) is 49.4 Å². The fourth-order valence-electron chi connectivity index (χ4n) is 3.59. The van der Waals surface area contributed by atoms with Gasteiger partial charge in [-0.3, -0.25) is 4.90 Å². The minimum absolute atomic E-state index is 0.0528. The molecule has 1 heterocycles. The summed E-state index contributed by atoms with van der Waals surface area (Å²) in [7, 11) is 3.37. The molecule has 6 nitrogen and oxygen atoms in total. The number of nitrogens with zero attached hydrogens (tertiary/aromatic N) is 2. The maximum absolute atomic E-state index is 6.27. The van der Waals surface area contributed by atoms with Gasteiger partial charge >= 0.3 is 0 Å². The van der Waals surface area contributed by atoms with Gasteiger partial charge in [-0.1, -0.05) is 30.3 Å². The fourth-order valence-corrected chi connectivity index (χ4v) is 3.59. The quantitative estimate of drug-likeness (QED) is 0.323. The molecule has 0 saturated carbocycles. The molecule has 0 spiro atoms. The van der Waals surface area contributed by atoms with Gasteiger partial charge in [-0.15, -0.1) is 0 Å². The Labute approximate surface area is 197 Å². The lowest BCUT2D eigenvalue weighted by atomic mass is 10.1. The van der Waals surface area contributed by atoms with Crippen LogP contribution in [0.3, 0.4) is 0 Å². The zero-order chi connectivity index (χ0) is 23.3. The number of benzene rings is 2. The van der Waals surface area contributed by atoms with E-state index < -0.39 is 0 Å². The fraction of sp³-hybridized carbons (Fsp3) is 0.370. The van der Waals surface area contributed by atoms with Crippen LogP contribution in [0.25, 0.3) is 0 Å². The Morgan fingerprint density at radius 3 is 1.91 bits per heavy atom. The van der Waals surface area contributed by atoms with Crippen molar-refractivity contribution in [2.45, 2.75) is 32.5 Å². The molecule has 0 fully saturated rings. The van der Waals surface area contributed by atoms with Crippen molar-refractivity contribution in [2.24, 2.45) is 0 Å². The number of hydrogen-bond acceptors (Lipinski definition) is 6. The summed E-state index contributed by atoms with van der Waals surface area (Å²) in [6.45, 7) is 5.65. The number of hydrogen-bond donors (Lipinski definition) is 0. The summed E-state index contributed by atoms with van der Waals surface area (Å²) in [5, 5.41) is 0. The highest BCUT2D eigenvalue weighted by Crippen LogP contribution is 2.19. The Hall–Kier alpha value is -3.09. The Balaban J connectivity index is 1.76. The standard InChI is InChI=1S/C27H34N2O4/c1-4-32-18-16-26(33-27-7-5-6-17-28-27)21-29(19-22-8-12-24(30-2)13-9-22)20-23-10-14-25(31-3)15-11-23/h5-15,17,26H,4,16,18-21H2,1-3H3. The molecule has 0 N–H and O–H groups in total. The smallest absolute Gasteiger partial charge is 0.213 e. The monoisotopic (exact) mass is 450 g/mol. The van der Waals surface area contributed by atoms with Crippen molar-refractivity contribution in [2.75, 3.05) is 34.0 Å². The molecule has 0 aliphatic carbocycles. The number of pyridine rings is 1. The molecule has 1 aromatic heterocycles. The molecule has 0 saturated heterocycles. The van der Waals surface area contributed by atoms with Crippen LogP contribution < -0.4 is 14.2 Å². The molecule has 0 aliphatic rings. The molecule has 3 aromatic rings. The van der Waals surface area contributed by atoms with Gasteiger partial charge in [-0.25, -0.2) is 4.98 Å². The summed E-state index contributed by atoms with van der Waals surface area (Å²) in [6.07, 6.45) is 2.48. The number of rotatable bonds is 14. The molecule has 3 rings (SSSR count). The van der Waals surface area contributed by atoms with Crippen LogP contribution in [0.15, 0.2) is 72.9 Å². The zero-order valence-corrected chi connectivity index (χ0v) is 19.8. The maximum atomic E-state index is 6.27. The van der Waals surface area contributed by atoms with Crippen molar-refractivity contribution in [1.82, 2.24) is 9.88 Å². The van der Waals surface area contributed by atoms with Crippen molar-refractivity contribution >= 4 is 0 Å². The van der Waals surface area contributed by atoms with Crippen molar-refractivity contribution in [3.05, 3.63) is 84.1 Å². The molecule has 1 atom stereocenters. The molecular formula is C27H34N2O4. The molecule has 0 radical (unpaired) electrons. The second-order valence-electron chi connectivity index (χ2n) is 7.76. The van der Waals surface area contributed by atoms with Crippen LogP contribution in [0.2, 0.25) is 0 Å². The van der Waals surface area contributed by atoms with Crippen LogP contribution in [0.1, 0.15) is 24.5 Å². The molecule has 6 heteroatoms. The van der Waals surface area contributed by atoms with E-state index in [0.717, 1.165) is 37.6 Å². The largest absolute Gasteiger partial charge is 0.497 e. The van der Waals surface area contributed by atoms with E-state index in [9.17, 15) is 0 Å². The maximum Gasteiger partial charge on any atom is 0.213 e. The predicted octanol–water partition coefficient (Wildman–Crippen LogP) is 4.98. The Kier molecular flexibility index (Phi) is 10.0. The van der Waals surface area contributed by atoms with Gasteiger partial charge in [0, 0.05) is 44.9 Å². The van der Waals surface area contributed by atoms with Crippen molar-refractivity contribution in [3.8, 4) is 17.4 Å². The lowest BCUT2D eigenvalue weighted by Crippen LogP contribution is -2.36.